The Balaban J connectivity index is 1.47. The highest BCUT2D eigenvalue weighted by molar-refractivity contribution is 7.19. The van der Waals surface area contributed by atoms with Crippen LogP contribution in [0.5, 0.6) is 0 Å². The molecule has 4 heterocycles. The van der Waals surface area contributed by atoms with Gasteiger partial charge in [-0.05, 0) is 31.2 Å². The molecule has 0 spiro atoms. The Morgan fingerprint density at radius 1 is 1.30 bits per heavy atom. The fourth-order valence-corrected chi connectivity index (χ4v) is 5.66. The Morgan fingerprint density at radius 2 is 2.19 bits per heavy atom. The number of aryl methyl sites for hydroxylation is 3. The largest absolute Gasteiger partial charge is 0.383 e. The van der Waals surface area contributed by atoms with E-state index in [0.717, 1.165) is 54.3 Å². The summed E-state index contributed by atoms with van der Waals surface area (Å²) in [4.78, 5) is 19.1. The lowest BCUT2D eigenvalue weighted by Crippen LogP contribution is -2.46. The van der Waals surface area contributed by atoms with Crippen LogP contribution < -0.4 is 11.1 Å². The van der Waals surface area contributed by atoms with Crippen LogP contribution in [0.1, 0.15) is 41.0 Å². The molecule has 1 fully saturated rings. The second-order valence-electron chi connectivity index (χ2n) is 7.50. The average Bonchev–Trinajstić information content (AvgIpc) is 3.25. The first-order valence-corrected chi connectivity index (χ1v) is 10.5. The van der Waals surface area contributed by atoms with Crippen molar-refractivity contribution in [2.45, 2.75) is 38.3 Å². The fourth-order valence-electron chi connectivity index (χ4n) is 4.37. The molecule has 0 bridgehead atoms. The third-order valence-corrected chi connectivity index (χ3v) is 6.93. The number of hydrogen-bond donors (Lipinski definition) is 2. The van der Waals surface area contributed by atoms with Gasteiger partial charge in [0.25, 0.3) is 0 Å². The molecule has 7 nitrogen and oxygen atoms in total. The van der Waals surface area contributed by atoms with Crippen molar-refractivity contribution >= 4 is 27.4 Å². The topological polar surface area (TPSA) is 84.9 Å². The number of nitrogens with one attached hydrogen (secondary N) is 1. The first-order valence-electron chi connectivity index (χ1n) is 9.69. The first kappa shape index (κ1) is 17.1. The molecule has 2 aliphatic rings. The molecule has 3 N–H and O–H groups in total. The lowest BCUT2D eigenvalue weighted by atomic mass is 9.97. The number of fused-ring (bicyclic) bond motifs is 3. The van der Waals surface area contributed by atoms with Crippen molar-refractivity contribution in [2.24, 2.45) is 7.05 Å². The Labute approximate surface area is 162 Å². The molecule has 0 saturated carbocycles. The number of piperazine rings is 1. The Bertz CT molecular complexity index is 976. The zero-order valence-electron chi connectivity index (χ0n) is 15.6. The number of aromatic nitrogens is 4. The predicted octanol–water partition coefficient (Wildman–Crippen LogP) is 2.03. The van der Waals surface area contributed by atoms with E-state index >= 15 is 0 Å². The summed E-state index contributed by atoms with van der Waals surface area (Å²) in [5, 5.41) is 4.59. The highest BCUT2D eigenvalue weighted by Gasteiger charge is 2.28. The minimum absolute atomic E-state index is 0.218. The SMILES string of the molecule is Cn1ccnc1C1CNCCN1Cc1nc(N)c2c3c(sc2n1)CCCC3. The summed E-state index contributed by atoms with van der Waals surface area (Å²) in [6, 6.07) is 0.218. The maximum atomic E-state index is 6.39. The van der Waals surface area contributed by atoms with E-state index in [1.54, 1.807) is 0 Å². The first-order chi connectivity index (χ1) is 13.2. The number of nitrogen functional groups attached to an aromatic ring is 1. The molecule has 8 heteroatoms. The Morgan fingerprint density at radius 3 is 3.04 bits per heavy atom. The summed E-state index contributed by atoms with van der Waals surface area (Å²) < 4.78 is 2.09. The number of nitrogens with zero attached hydrogens (tertiary/aromatic N) is 5. The molecule has 3 aromatic rings. The quantitative estimate of drug-likeness (QED) is 0.720. The fraction of sp³-hybridized carbons (Fsp3) is 0.526. The zero-order valence-corrected chi connectivity index (χ0v) is 16.4. The number of anilines is 1. The van der Waals surface area contributed by atoms with E-state index in [1.165, 1.54) is 23.3 Å². The molecule has 142 valence electrons. The smallest absolute Gasteiger partial charge is 0.146 e. The number of nitrogens with two attached hydrogens (primary N) is 1. The molecule has 0 radical (unpaired) electrons. The van der Waals surface area contributed by atoms with Gasteiger partial charge in [0.2, 0.25) is 0 Å². The van der Waals surface area contributed by atoms with Crippen molar-refractivity contribution in [1.29, 1.82) is 0 Å². The molecule has 1 saturated heterocycles. The minimum Gasteiger partial charge on any atom is -0.383 e. The van der Waals surface area contributed by atoms with Crippen molar-refractivity contribution < 1.29 is 0 Å². The molecular weight excluding hydrogens is 358 g/mol. The molecular formula is C19H25N7S. The van der Waals surface area contributed by atoms with Crippen LogP contribution in [0.4, 0.5) is 5.82 Å². The number of imidazole rings is 1. The van der Waals surface area contributed by atoms with Gasteiger partial charge in [0, 0.05) is 44.0 Å². The van der Waals surface area contributed by atoms with E-state index < -0.39 is 0 Å². The summed E-state index contributed by atoms with van der Waals surface area (Å²) in [6.45, 7) is 3.49. The van der Waals surface area contributed by atoms with Crippen LogP contribution in [0, 0.1) is 0 Å². The third kappa shape index (κ3) is 3.01. The molecule has 1 atom stereocenters. The third-order valence-electron chi connectivity index (χ3n) is 5.74. The van der Waals surface area contributed by atoms with E-state index in [4.69, 9.17) is 15.7 Å². The highest BCUT2D eigenvalue weighted by atomic mass is 32.1. The van der Waals surface area contributed by atoms with Crippen LogP contribution in [-0.4, -0.2) is 44.1 Å². The van der Waals surface area contributed by atoms with Gasteiger partial charge in [-0.25, -0.2) is 15.0 Å². The van der Waals surface area contributed by atoms with E-state index in [-0.39, 0.29) is 6.04 Å². The van der Waals surface area contributed by atoms with Crippen molar-refractivity contribution in [2.75, 3.05) is 25.4 Å². The number of rotatable bonds is 3. The van der Waals surface area contributed by atoms with Crippen LogP contribution in [0.3, 0.4) is 0 Å². The van der Waals surface area contributed by atoms with Crippen LogP contribution in [0.2, 0.25) is 0 Å². The predicted molar refractivity (Wildman–Crippen MR) is 108 cm³/mol. The lowest BCUT2D eigenvalue weighted by molar-refractivity contribution is 0.141. The van der Waals surface area contributed by atoms with Crippen molar-refractivity contribution in [3.63, 3.8) is 0 Å². The monoisotopic (exact) mass is 383 g/mol. The normalized spacial score (nSPS) is 20.9. The summed E-state index contributed by atoms with van der Waals surface area (Å²) in [6.07, 6.45) is 8.64. The van der Waals surface area contributed by atoms with E-state index in [0.29, 0.717) is 12.4 Å². The van der Waals surface area contributed by atoms with Crippen LogP contribution in [0.25, 0.3) is 10.2 Å². The lowest BCUT2D eigenvalue weighted by Gasteiger charge is -2.35. The molecule has 1 aliphatic heterocycles. The minimum atomic E-state index is 0.218. The van der Waals surface area contributed by atoms with Crippen LogP contribution >= 0.6 is 11.3 Å². The Hall–Kier alpha value is -2.03. The van der Waals surface area contributed by atoms with Crippen molar-refractivity contribution in [3.05, 3.63) is 34.5 Å². The standard InChI is InChI=1S/C19H25N7S/c1-25-8-7-22-18(25)13-10-21-6-9-26(13)11-15-23-17(20)16-12-4-2-3-5-14(12)27-19(16)24-15/h7-8,13,21H,2-6,9-11H2,1H3,(H2,20,23,24). The summed E-state index contributed by atoms with van der Waals surface area (Å²) in [5.74, 6) is 2.54. The van der Waals surface area contributed by atoms with Gasteiger partial charge in [-0.15, -0.1) is 11.3 Å². The average molecular weight is 384 g/mol. The van der Waals surface area contributed by atoms with Gasteiger partial charge in [0.15, 0.2) is 0 Å². The molecule has 1 aliphatic carbocycles. The summed E-state index contributed by atoms with van der Waals surface area (Å²) in [7, 11) is 2.05. The molecule has 1 unspecified atom stereocenters. The maximum absolute atomic E-state index is 6.39. The van der Waals surface area contributed by atoms with Gasteiger partial charge in [0.05, 0.1) is 18.0 Å². The van der Waals surface area contributed by atoms with Gasteiger partial charge in [-0.3, -0.25) is 4.90 Å². The molecule has 27 heavy (non-hydrogen) atoms. The zero-order chi connectivity index (χ0) is 18.4. The maximum Gasteiger partial charge on any atom is 0.146 e. The Kier molecular flexibility index (Phi) is 4.34. The van der Waals surface area contributed by atoms with Gasteiger partial charge in [0.1, 0.15) is 22.3 Å². The summed E-state index contributed by atoms with van der Waals surface area (Å²) in [5.41, 5.74) is 7.79. The van der Waals surface area contributed by atoms with E-state index in [2.05, 4.69) is 19.8 Å². The highest BCUT2D eigenvalue weighted by Crippen LogP contribution is 2.38. The van der Waals surface area contributed by atoms with E-state index in [9.17, 15) is 0 Å². The van der Waals surface area contributed by atoms with Crippen molar-refractivity contribution in [1.82, 2.24) is 29.7 Å². The second-order valence-corrected chi connectivity index (χ2v) is 8.59. The second kappa shape index (κ2) is 6.85. The van der Waals surface area contributed by atoms with Gasteiger partial charge >= 0.3 is 0 Å². The van der Waals surface area contributed by atoms with E-state index in [1.807, 2.05) is 30.8 Å². The number of thiophene rings is 1. The van der Waals surface area contributed by atoms with Crippen LogP contribution in [-0.2, 0) is 26.4 Å². The van der Waals surface area contributed by atoms with Gasteiger partial charge in [-0.2, -0.15) is 0 Å². The van der Waals surface area contributed by atoms with Gasteiger partial charge < -0.3 is 15.6 Å². The molecule has 0 aromatic carbocycles. The molecule has 0 amide bonds. The van der Waals surface area contributed by atoms with Gasteiger partial charge in [-0.1, -0.05) is 0 Å². The molecule has 5 rings (SSSR count). The van der Waals surface area contributed by atoms with Crippen LogP contribution in [0.15, 0.2) is 12.4 Å². The molecule has 3 aromatic heterocycles. The summed E-state index contributed by atoms with van der Waals surface area (Å²) >= 11 is 1.81. The number of hydrogen-bond acceptors (Lipinski definition) is 7. The van der Waals surface area contributed by atoms with Crippen molar-refractivity contribution in [3.8, 4) is 0 Å².